The molecule has 0 radical (unpaired) electrons. The molecule has 0 saturated carbocycles. The lowest BCUT2D eigenvalue weighted by atomic mass is 10.1. The Kier molecular flexibility index (Phi) is 3.90. The van der Waals surface area contributed by atoms with Crippen molar-refractivity contribution in [3.8, 4) is 0 Å². The number of hydrogen-bond donors (Lipinski definition) is 0. The molecule has 2 aromatic carbocycles. The van der Waals surface area contributed by atoms with E-state index in [4.69, 9.17) is 0 Å². The summed E-state index contributed by atoms with van der Waals surface area (Å²) < 4.78 is 26.2. The number of hydrogen-bond acceptors (Lipinski definition) is 1. The molecule has 0 N–H and O–H groups in total. The summed E-state index contributed by atoms with van der Waals surface area (Å²) in [5, 5.41) is 0. The minimum absolute atomic E-state index is 0.0997. The third-order valence-corrected chi connectivity index (χ3v) is 2.87. The molecule has 0 atom stereocenters. The molecule has 2 nitrogen and oxygen atoms in total. The molecule has 4 heteroatoms. The lowest BCUT2D eigenvalue weighted by Gasteiger charge is -2.17. The normalized spacial score (nSPS) is 10.3. The molecule has 98 valence electrons. The predicted octanol–water partition coefficient (Wildman–Crippen LogP) is 3.17. The van der Waals surface area contributed by atoms with Crippen LogP contribution in [0.5, 0.6) is 0 Å². The highest BCUT2D eigenvalue weighted by molar-refractivity contribution is 5.94. The van der Waals surface area contributed by atoms with Gasteiger partial charge >= 0.3 is 0 Å². The Bertz CT molecular complexity index is 584. The number of amides is 1. The summed E-state index contributed by atoms with van der Waals surface area (Å²) in [7, 11) is 1.62. The maximum Gasteiger partial charge on any atom is 0.231 e. The average molecular weight is 261 g/mol. The zero-order chi connectivity index (χ0) is 13.8. The van der Waals surface area contributed by atoms with Gasteiger partial charge in [-0.05, 0) is 23.8 Å². The molecule has 0 aromatic heterocycles. The number of benzene rings is 2. The first kappa shape index (κ1) is 13.2. The third-order valence-electron chi connectivity index (χ3n) is 2.87. The average Bonchev–Trinajstić information content (AvgIpc) is 2.42. The Hall–Kier alpha value is -2.23. The van der Waals surface area contributed by atoms with Crippen LogP contribution in [0.2, 0.25) is 0 Å². The van der Waals surface area contributed by atoms with Crippen LogP contribution in [0.25, 0.3) is 0 Å². The smallest absolute Gasteiger partial charge is 0.231 e. The van der Waals surface area contributed by atoms with Gasteiger partial charge in [-0.25, -0.2) is 8.78 Å². The number of carbonyl (C=O) groups is 1. The van der Waals surface area contributed by atoms with E-state index < -0.39 is 11.6 Å². The molecule has 0 aliphatic heterocycles. The van der Waals surface area contributed by atoms with Gasteiger partial charge in [-0.1, -0.05) is 24.3 Å². The highest BCUT2D eigenvalue weighted by Gasteiger charge is 2.14. The molecule has 2 rings (SSSR count). The molecule has 1 amide bonds. The molecule has 0 bridgehead atoms. The van der Waals surface area contributed by atoms with Crippen molar-refractivity contribution in [1.82, 2.24) is 0 Å². The van der Waals surface area contributed by atoms with Crippen molar-refractivity contribution in [3.63, 3.8) is 0 Å². The van der Waals surface area contributed by atoms with Crippen LogP contribution >= 0.6 is 0 Å². The van der Waals surface area contributed by atoms with E-state index in [1.165, 1.54) is 11.0 Å². The predicted molar refractivity (Wildman–Crippen MR) is 69.9 cm³/mol. The van der Waals surface area contributed by atoms with E-state index in [0.29, 0.717) is 0 Å². The highest BCUT2D eigenvalue weighted by Crippen LogP contribution is 2.15. The summed E-state index contributed by atoms with van der Waals surface area (Å²) in [5.41, 5.74) is 0.921. The molecule has 0 aliphatic carbocycles. The first-order chi connectivity index (χ1) is 9.08. The topological polar surface area (TPSA) is 20.3 Å². The number of carbonyl (C=O) groups excluding carboxylic acids is 1. The molecule has 0 aliphatic rings. The molecule has 0 fully saturated rings. The first-order valence-electron chi connectivity index (χ1n) is 5.83. The van der Waals surface area contributed by atoms with Crippen LogP contribution in [-0.2, 0) is 11.2 Å². The summed E-state index contributed by atoms with van der Waals surface area (Å²) in [6.07, 6.45) is -0.0997. The van der Waals surface area contributed by atoms with Crippen molar-refractivity contribution in [2.45, 2.75) is 6.42 Å². The maximum atomic E-state index is 13.5. The van der Waals surface area contributed by atoms with Gasteiger partial charge in [0.15, 0.2) is 0 Å². The van der Waals surface area contributed by atoms with Crippen LogP contribution in [0.15, 0.2) is 48.5 Å². The second-order valence-corrected chi connectivity index (χ2v) is 4.20. The van der Waals surface area contributed by atoms with Crippen molar-refractivity contribution in [2.75, 3.05) is 11.9 Å². The fourth-order valence-electron chi connectivity index (χ4n) is 1.74. The van der Waals surface area contributed by atoms with E-state index >= 15 is 0 Å². The van der Waals surface area contributed by atoms with Crippen LogP contribution in [-0.4, -0.2) is 13.0 Å². The summed E-state index contributed by atoms with van der Waals surface area (Å²) in [5.74, 6) is -1.60. The Morgan fingerprint density at radius 2 is 1.79 bits per heavy atom. The molecule has 0 saturated heterocycles. The second kappa shape index (κ2) is 5.61. The molecular formula is C15H13F2NO. The van der Waals surface area contributed by atoms with Crippen LogP contribution in [0, 0.1) is 11.6 Å². The van der Waals surface area contributed by atoms with Gasteiger partial charge in [0.2, 0.25) is 5.91 Å². The highest BCUT2D eigenvalue weighted by atomic mass is 19.1. The Morgan fingerprint density at radius 3 is 2.42 bits per heavy atom. The van der Waals surface area contributed by atoms with Gasteiger partial charge < -0.3 is 4.90 Å². The van der Waals surface area contributed by atoms with Gasteiger partial charge in [-0.2, -0.15) is 0 Å². The maximum absolute atomic E-state index is 13.5. The van der Waals surface area contributed by atoms with Crippen molar-refractivity contribution in [2.24, 2.45) is 0 Å². The fourth-order valence-corrected chi connectivity index (χ4v) is 1.74. The zero-order valence-corrected chi connectivity index (χ0v) is 10.4. The van der Waals surface area contributed by atoms with Crippen molar-refractivity contribution in [1.29, 1.82) is 0 Å². The van der Waals surface area contributed by atoms with E-state index in [-0.39, 0.29) is 17.9 Å². The van der Waals surface area contributed by atoms with E-state index in [1.54, 1.807) is 19.2 Å². The van der Waals surface area contributed by atoms with E-state index in [9.17, 15) is 13.6 Å². The van der Waals surface area contributed by atoms with Crippen molar-refractivity contribution >= 4 is 11.6 Å². The summed E-state index contributed by atoms with van der Waals surface area (Å²) in [4.78, 5) is 13.5. The Balaban J connectivity index is 2.13. The summed E-state index contributed by atoms with van der Waals surface area (Å²) >= 11 is 0. The number of likely N-dealkylation sites (N-methyl/N-ethyl adjacent to an activating group) is 1. The van der Waals surface area contributed by atoms with Crippen molar-refractivity contribution in [3.05, 3.63) is 65.7 Å². The molecular weight excluding hydrogens is 248 g/mol. The molecule has 2 aromatic rings. The molecule has 0 heterocycles. The van der Waals surface area contributed by atoms with E-state index in [2.05, 4.69) is 0 Å². The van der Waals surface area contributed by atoms with Gasteiger partial charge in [-0.3, -0.25) is 4.79 Å². The summed E-state index contributed by atoms with van der Waals surface area (Å²) in [6, 6.07) is 12.3. The zero-order valence-electron chi connectivity index (χ0n) is 10.4. The quantitative estimate of drug-likeness (QED) is 0.831. The number of rotatable bonds is 3. The molecule has 19 heavy (non-hydrogen) atoms. The monoisotopic (exact) mass is 261 g/mol. The fraction of sp³-hybridized carbons (Fsp3) is 0.133. The largest absolute Gasteiger partial charge is 0.315 e. The van der Waals surface area contributed by atoms with Crippen LogP contribution in [0.1, 0.15) is 5.56 Å². The van der Waals surface area contributed by atoms with Crippen LogP contribution < -0.4 is 4.90 Å². The second-order valence-electron chi connectivity index (χ2n) is 4.20. The number of halogens is 2. The Morgan fingerprint density at radius 1 is 1.11 bits per heavy atom. The number of para-hydroxylation sites is 1. The minimum Gasteiger partial charge on any atom is -0.315 e. The van der Waals surface area contributed by atoms with Gasteiger partial charge in [0, 0.05) is 18.8 Å². The minimum atomic E-state index is -0.699. The van der Waals surface area contributed by atoms with Gasteiger partial charge in [0.1, 0.15) is 11.6 Å². The van der Waals surface area contributed by atoms with E-state index in [1.807, 2.05) is 18.2 Å². The van der Waals surface area contributed by atoms with Gasteiger partial charge in [0.05, 0.1) is 6.42 Å². The first-order valence-corrected chi connectivity index (χ1v) is 5.83. The number of nitrogens with zero attached hydrogens (tertiary/aromatic N) is 1. The third kappa shape index (κ3) is 3.16. The van der Waals surface area contributed by atoms with E-state index in [0.717, 1.165) is 17.8 Å². The van der Waals surface area contributed by atoms with Crippen LogP contribution in [0.3, 0.4) is 0 Å². The van der Waals surface area contributed by atoms with Gasteiger partial charge in [0.25, 0.3) is 0 Å². The molecule has 0 unspecified atom stereocenters. The van der Waals surface area contributed by atoms with Crippen LogP contribution in [0.4, 0.5) is 14.5 Å². The molecule has 0 spiro atoms. The lowest BCUT2D eigenvalue weighted by molar-refractivity contribution is -0.117. The summed E-state index contributed by atoms with van der Waals surface area (Å²) in [6.45, 7) is 0. The number of anilines is 1. The standard InChI is InChI=1S/C15H13F2NO/c1-18(13-5-3-2-4-6-13)15(19)9-11-7-8-12(16)10-14(11)17/h2-8,10H,9H2,1H3. The van der Waals surface area contributed by atoms with Crippen molar-refractivity contribution < 1.29 is 13.6 Å². The SMILES string of the molecule is CN(C(=O)Cc1ccc(F)cc1F)c1ccccc1. The van der Waals surface area contributed by atoms with Gasteiger partial charge in [-0.15, -0.1) is 0 Å². The lowest BCUT2D eigenvalue weighted by Crippen LogP contribution is -2.28. The Labute approximate surface area is 110 Å².